The van der Waals surface area contributed by atoms with Gasteiger partial charge in [-0.2, -0.15) is 0 Å². The van der Waals surface area contributed by atoms with Crippen LogP contribution in [0.5, 0.6) is 0 Å². The van der Waals surface area contributed by atoms with Crippen LogP contribution in [0.25, 0.3) is 0 Å². The largest absolute Gasteiger partial charge is 0.299 e. The third kappa shape index (κ3) is 3.89. The molecule has 0 N–H and O–H groups in total. The summed E-state index contributed by atoms with van der Waals surface area (Å²) in [6, 6.07) is 0. The van der Waals surface area contributed by atoms with E-state index in [2.05, 4.69) is 47.6 Å². The van der Waals surface area contributed by atoms with Crippen molar-refractivity contribution < 1.29 is 9.59 Å². The van der Waals surface area contributed by atoms with Gasteiger partial charge in [-0.3, -0.25) is 9.59 Å². The molecule has 0 amide bonds. The second-order valence-electron chi connectivity index (χ2n) is 12.7. The maximum absolute atomic E-state index is 12.6. The maximum atomic E-state index is 12.6. The summed E-state index contributed by atoms with van der Waals surface area (Å²) in [6.07, 6.45) is 13.5. The molecule has 0 aromatic carbocycles. The first kappa shape index (κ1) is 23.2. The first-order valence-corrected chi connectivity index (χ1v) is 13.3. The lowest BCUT2D eigenvalue weighted by atomic mass is 9.47. The van der Waals surface area contributed by atoms with Crippen molar-refractivity contribution in [2.45, 2.75) is 106 Å². The molecule has 0 radical (unpaired) electrons. The predicted molar refractivity (Wildman–Crippen MR) is 128 cm³/mol. The molecular weight excluding hydrogens is 380 g/mol. The fourth-order valence-electron chi connectivity index (χ4n) is 8.62. The number of carbonyl (C=O) groups is 2. The van der Waals surface area contributed by atoms with Crippen LogP contribution in [0, 0.1) is 52.3 Å². The molecule has 0 aromatic heterocycles. The van der Waals surface area contributed by atoms with Gasteiger partial charge < -0.3 is 0 Å². The number of Topliss-reactive ketones (excluding diaryl/α,β-unsaturated/α-hetero) is 2. The number of ketones is 2. The second-order valence-corrected chi connectivity index (χ2v) is 12.7. The van der Waals surface area contributed by atoms with Crippen molar-refractivity contribution in [3.05, 3.63) is 11.6 Å². The second kappa shape index (κ2) is 8.45. The van der Waals surface area contributed by atoms with E-state index in [4.69, 9.17) is 0 Å². The first-order valence-electron chi connectivity index (χ1n) is 13.3. The van der Waals surface area contributed by atoms with E-state index >= 15 is 0 Å². The Hall–Kier alpha value is -0.920. The Morgan fingerprint density at radius 3 is 2.52 bits per heavy atom. The zero-order chi connectivity index (χ0) is 22.6. The third-order valence-electron chi connectivity index (χ3n) is 11.1. The predicted octanol–water partition coefficient (Wildman–Crippen LogP) is 7.41. The molecule has 4 aliphatic rings. The van der Waals surface area contributed by atoms with Gasteiger partial charge in [-0.05, 0) is 91.3 Å². The number of rotatable bonds is 6. The number of allylic oxidation sites excluding steroid dienone is 2. The lowest BCUT2D eigenvalue weighted by Gasteiger charge is -2.58. The Bertz CT molecular complexity index is 748. The lowest BCUT2D eigenvalue weighted by molar-refractivity contribution is -0.124. The molecular formula is C29H46O2. The van der Waals surface area contributed by atoms with Crippen molar-refractivity contribution in [1.29, 1.82) is 0 Å². The molecule has 3 fully saturated rings. The first-order chi connectivity index (χ1) is 14.6. The molecule has 0 bridgehead atoms. The van der Waals surface area contributed by atoms with E-state index in [1.165, 1.54) is 37.7 Å². The van der Waals surface area contributed by atoms with Crippen LogP contribution in [0.3, 0.4) is 0 Å². The minimum absolute atomic E-state index is 0.195. The van der Waals surface area contributed by atoms with E-state index < -0.39 is 0 Å². The number of fused-ring (bicyclic) bond motifs is 5. The summed E-state index contributed by atoms with van der Waals surface area (Å²) in [5.41, 5.74) is 2.20. The van der Waals surface area contributed by atoms with Gasteiger partial charge in [0.2, 0.25) is 0 Å². The van der Waals surface area contributed by atoms with Gasteiger partial charge in [-0.25, -0.2) is 0 Å². The normalized spacial score (nSPS) is 41.8. The fourth-order valence-corrected chi connectivity index (χ4v) is 8.62. The molecule has 31 heavy (non-hydrogen) atoms. The van der Waals surface area contributed by atoms with Gasteiger partial charge in [0.25, 0.3) is 0 Å². The van der Waals surface area contributed by atoms with Crippen LogP contribution in [0.1, 0.15) is 106 Å². The van der Waals surface area contributed by atoms with Crippen molar-refractivity contribution >= 4 is 11.6 Å². The van der Waals surface area contributed by atoms with Crippen LogP contribution in [0.15, 0.2) is 11.6 Å². The highest BCUT2D eigenvalue weighted by Crippen LogP contribution is 2.67. The molecule has 3 saturated carbocycles. The van der Waals surface area contributed by atoms with Crippen molar-refractivity contribution in [2.24, 2.45) is 52.3 Å². The Morgan fingerprint density at radius 1 is 1.06 bits per heavy atom. The summed E-state index contributed by atoms with van der Waals surface area (Å²) in [4.78, 5) is 24.7. The van der Waals surface area contributed by atoms with Crippen LogP contribution < -0.4 is 0 Å². The molecule has 0 saturated heterocycles. The van der Waals surface area contributed by atoms with E-state index in [1.54, 1.807) is 0 Å². The van der Waals surface area contributed by atoms with Crippen molar-refractivity contribution in [1.82, 2.24) is 0 Å². The maximum Gasteiger partial charge on any atom is 0.136 e. The number of hydrogen-bond donors (Lipinski definition) is 0. The summed E-state index contributed by atoms with van der Waals surface area (Å²) in [7, 11) is 0. The molecule has 1 unspecified atom stereocenters. The average molecular weight is 427 g/mol. The Balaban J connectivity index is 1.46. The van der Waals surface area contributed by atoms with Gasteiger partial charge >= 0.3 is 0 Å². The van der Waals surface area contributed by atoms with Crippen molar-refractivity contribution in [3.8, 4) is 0 Å². The van der Waals surface area contributed by atoms with Gasteiger partial charge in [0, 0.05) is 25.2 Å². The molecule has 0 heterocycles. The highest BCUT2D eigenvalue weighted by atomic mass is 16.1. The van der Waals surface area contributed by atoms with E-state index in [0.29, 0.717) is 28.8 Å². The molecule has 0 aliphatic heterocycles. The molecule has 0 aromatic rings. The zero-order valence-corrected chi connectivity index (χ0v) is 21.0. The highest BCUT2D eigenvalue weighted by molar-refractivity contribution is 5.82. The molecule has 2 heteroatoms. The molecule has 0 spiro atoms. The van der Waals surface area contributed by atoms with Crippen LogP contribution in [0.2, 0.25) is 0 Å². The molecule has 4 aliphatic carbocycles. The number of carbonyl (C=O) groups excluding carboxylic acids is 2. The van der Waals surface area contributed by atoms with Crippen LogP contribution in [0.4, 0.5) is 0 Å². The van der Waals surface area contributed by atoms with Gasteiger partial charge in [0.05, 0.1) is 0 Å². The summed E-state index contributed by atoms with van der Waals surface area (Å²) < 4.78 is 0. The van der Waals surface area contributed by atoms with Crippen LogP contribution in [-0.2, 0) is 9.59 Å². The molecule has 8 atom stereocenters. The van der Waals surface area contributed by atoms with Crippen molar-refractivity contribution in [3.63, 3.8) is 0 Å². The Kier molecular flexibility index (Phi) is 6.34. The molecule has 174 valence electrons. The molecule has 4 rings (SSSR count). The van der Waals surface area contributed by atoms with E-state index in [-0.39, 0.29) is 11.3 Å². The minimum atomic E-state index is 0.195. The molecule has 2 nitrogen and oxygen atoms in total. The van der Waals surface area contributed by atoms with Crippen LogP contribution in [-0.4, -0.2) is 11.6 Å². The topological polar surface area (TPSA) is 34.1 Å². The highest BCUT2D eigenvalue weighted by Gasteiger charge is 2.59. The smallest absolute Gasteiger partial charge is 0.136 e. The monoisotopic (exact) mass is 426 g/mol. The van der Waals surface area contributed by atoms with E-state index in [1.807, 2.05) is 0 Å². The zero-order valence-electron chi connectivity index (χ0n) is 21.0. The van der Waals surface area contributed by atoms with Crippen molar-refractivity contribution in [2.75, 3.05) is 0 Å². The van der Waals surface area contributed by atoms with Crippen LogP contribution >= 0.6 is 0 Å². The van der Waals surface area contributed by atoms with Gasteiger partial charge in [0.1, 0.15) is 11.6 Å². The fraction of sp³-hybridized carbons (Fsp3) is 0.862. The lowest BCUT2D eigenvalue weighted by Crippen LogP contribution is -2.50. The summed E-state index contributed by atoms with van der Waals surface area (Å²) >= 11 is 0. The van der Waals surface area contributed by atoms with E-state index in [0.717, 1.165) is 55.8 Å². The standard InChI is InChI=1S/C29H46O2/c1-18(2)20(4)27(31)12-7-19(3)24-10-11-25-23-9-8-21-17-22(30)13-15-28(21,5)26(23)14-16-29(24,25)6/h8,18-20,23-26H,7,9-17H2,1-6H3/t19-,20?,23+,24-,25+,26+,28+,29-/m1/s1. The number of hydrogen-bond acceptors (Lipinski definition) is 2. The quantitative estimate of drug-likeness (QED) is 0.414. The summed E-state index contributed by atoms with van der Waals surface area (Å²) in [6.45, 7) is 14.0. The summed E-state index contributed by atoms with van der Waals surface area (Å²) in [5, 5.41) is 0. The Labute approximate surface area is 191 Å². The summed E-state index contributed by atoms with van der Waals surface area (Å²) in [5.74, 6) is 5.40. The van der Waals surface area contributed by atoms with E-state index in [9.17, 15) is 9.59 Å². The Morgan fingerprint density at radius 2 is 1.81 bits per heavy atom. The average Bonchev–Trinajstić information content (AvgIpc) is 3.09. The minimum Gasteiger partial charge on any atom is -0.299 e. The van der Waals surface area contributed by atoms with Gasteiger partial charge in [0.15, 0.2) is 0 Å². The SMILES string of the molecule is CC(C)C(C)C(=O)CC[C@@H](C)[C@H]1CC[C@H]2[C@@H]3CC=C4CC(=O)CC[C@]4(C)[C@H]3CC[C@]12C. The van der Waals surface area contributed by atoms with Gasteiger partial charge in [-0.15, -0.1) is 0 Å². The third-order valence-corrected chi connectivity index (χ3v) is 11.1. The van der Waals surface area contributed by atoms with Gasteiger partial charge in [-0.1, -0.05) is 53.2 Å².